The lowest BCUT2D eigenvalue weighted by atomic mass is 9.82. The molecule has 2 N–H and O–H groups in total. The van der Waals surface area contributed by atoms with Crippen LogP contribution in [0.15, 0.2) is 30.3 Å². The van der Waals surface area contributed by atoms with Gasteiger partial charge in [0, 0.05) is 25.2 Å². The van der Waals surface area contributed by atoms with Gasteiger partial charge in [0.05, 0.1) is 5.41 Å². The van der Waals surface area contributed by atoms with Gasteiger partial charge in [-0.25, -0.2) is 0 Å². The molecule has 1 aromatic carbocycles. The Balaban J connectivity index is 1.80. The molecule has 1 aromatic rings. The number of aliphatic carboxylic acids is 1. The average molecular weight is 290 g/mol. The molecule has 2 rings (SSSR count). The van der Waals surface area contributed by atoms with Crippen molar-refractivity contribution < 1.29 is 14.7 Å². The quantitative estimate of drug-likeness (QED) is 0.872. The molecular weight excluding hydrogens is 268 g/mol. The second-order valence-electron chi connectivity index (χ2n) is 5.91. The van der Waals surface area contributed by atoms with Crippen molar-refractivity contribution in [3.05, 3.63) is 30.3 Å². The highest BCUT2D eigenvalue weighted by atomic mass is 16.4. The molecular formula is C16H22N2O3. The highest BCUT2D eigenvalue weighted by molar-refractivity contribution is 5.90. The zero-order chi connectivity index (χ0) is 15.3. The van der Waals surface area contributed by atoms with Crippen molar-refractivity contribution in [2.24, 2.45) is 5.41 Å². The van der Waals surface area contributed by atoms with Crippen LogP contribution in [0.5, 0.6) is 0 Å². The molecule has 114 valence electrons. The van der Waals surface area contributed by atoms with E-state index in [1.165, 1.54) is 0 Å². The van der Waals surface area contributed by atoms with E-state index >= 15 is 0 Å². The van der Waals surface area contributed by atoms with Gasteiger partial charge in [0.1, 0.15) is 0 Å². The predicted molar refractivity (Wildman–Crippen MR) is 81.1 cm³/mol. The summed E-state index contributed by atoms with van der Waals surface area (Å²) in [4.78, 5) is 25.3. The van der Waals surface area contributed by atoms with E-state index in [4.69, 9.17) is 0 Å². The third-order valence-electron chi connectivity index (χ3n) is 4.00. The van der Waals surface area contributed by atoms with Crippen molar-refractivity contribution in [1.82, 2.24) is 4.90 Å². The number of anilines is 1. The van der Waals surface area contributed by atoms with Gasteiger partial charge in [-0.2, -0.15) is 0 Å². The van der Waals surface area contributed by atoms with Crippen molar-refractivity contribution in [1.29, 1.82) is 0 Å². The minimum Gasteiger partial charge on any atom is -0.481 e. The van der Waals surface area contributed by atoms with Crippen molar-refractivity contribution in [2.45, 2.75) is 26.2 Å². The van der Waals surface area contributed by atoms with E-state index in [2.05, 4.69) is 10.2 Å². The number of benzene rings is 1. The zero-order valence-corrected chi connectivity index (χ0v) is 12.3. The first-order valence-corrected chi connectivity index (χ1v) is 7.30. The van der Waals surface area contributed by atoms with Gasteiger partial charge in [-0.15, -0.1) is 0 Å². The zero-order valence-electron chi connectivity index (χ0n) is 12.3. The smallest absolute Gasteiger partial charge is 0.310 e. The maximum atomic E-state index is 11.9. The van der Waals surface area contributed by atoms with Gasteiger partial charge in [-0.05, 0) is 38.4 Å². The molecule has 1 aliphatic heterocycles. The van der Waals surface area contributed by atoms with Crippen LogP contribution in [0.2, 0.25) is 0 Å². The minimum atomic E-state index is -0.749. The van der Waals surface area contributed by atoms with Crippen molar-refractivity contribution in [3.8, 4) is 0 Å². The number of carboxylic acid groups (broad SMARTS) is 1. The third-order valence-corrected chi connectivity index (χ3v) is 4.00. The van der Waals surface area contributed by atoms with E-state index in [0.29, 0.717) is 25.9 Å². The number of nitrogens with zero attached hydrogens (tertiary/aromatic N) is 1. The Morgan fingerprint density at radius 2 is 2.05 bits per heavy atom. The Bertz CT molecular complexity index is 504. The van der Waals surface area contributed by atoms with E-state index in [1.54, 1.807) is 6.92 Å². The molecule has 1 fully saturated rings. The summed E-state index contributed by atoms with van der Waals surface area (Å²) in [5.74, 6) is -0.787. The maximum Gasteiger partial charge on any atom is 0.310 e. The molecule has 5 heteroatoms. The first kappa shape index (κ1) is 15.5. The van der Waals surface area contributed by atoms with Crippen molar-refractivity contribution in [3.63, 3.8) is 0 Å². The van der Waals surface area contributed by atoms with Gasteiger partial charge in [-0.1, -0.05) is 18.2 Å². The van der Waals surface area contributed by atoms with Gasteiger partial charge in [-0.3, -0.25) is 9.59 Å². The van der Waals surface area contributed by atoms with Gasteiger partial charge in [0.2, 0.25) is 5.91 Å². The van der Waals surface area contributed by atoms with Crippen LogP contribution in [0.25, 0.3) is 0 Å². The summed E-state index contributed by atoms with van der Waals surface area (Å²) in [5, 5.41) is 12.1. The van der Waals surface area contributed by atoms with E-state index in [9.17, 15) is 14.7 Å². The SMILES string of the molecule is CC1(C(=O)O)CCCN(CCC(=O)Nc2ccccc2)C1. The van der Waals surface area contributed by atoms with Gasteiger partial charge >= 0.3 is 5.97 Å². The molecule has 1 aliphatic rings. The van der Waals surface area contributed by atoms with Crippen LogP contribution < -0.4 is 5.32 Å². The largest absolute Gasteiger partial charge is 0.481 e. The Morgan fingerprint density at radius 3 is 2.71 bits per heavy atom. The van der Waals surface area contributed by atoms with Crippen molar-refractivity contribution in [2.75, 3.05) is 25.0 Å². The molecule has 0 spiro atoms. The molecule has 1 amide bonds. The molecule has 0 aromatic heterocycles. The maximum absolute atomic E-state index is 11.9. The molecule has 1 atom stereocenters. The van der Waals surface area contributed by atoms with Crippen LogP contribution in [0.1, 0.15) is 26.2 Å². The number of nitrogens with one attached hydrogen (secondary N) is 1. The fourth-order valence-corrected chi connectivity index (χ4v) is 2.71. The molecule has 21 heavy (non-hydrogen) atoms. The van der Waals surface area contributed by atoms with Gasteiger partial charge < -0.3 is 15.3 Å². The number of amides is 1. The number of hydrogen-bond acceptors (Lipinski definition) is 3. The third kappa shape index (κ3) is 4.29. The molecule has 1 unspecified atom stereocenters. The Morgan fingerprint density at radius 1 is 1.33 bits per heavy atom. The van der Waals surface area contributed by atoms with Crippen LogP contribution in [-0.4, -0.2) is 41.5 Å². The molecule has 1 saturated heterocycles. The predicted octanol–water partition coefficient (Wildman–Crippen LogP) is 2.20. The average Bonchev–Trinajstić information content (AvgIpc) is 2.46. The van der Waals surface area contributed by atoms with Crippen molar-refractivity contribution >= 4 is 17.6 Å². The topological polar surface area (TPSA) is 69.6 Å². The normalized spacial score (nSPS) is 22.7. The monoisotopic (exact) mass is 290 g/mol. The number of rotatable bonds is 5. The first-order valence-electron chi connectivity index (χ1n) is 7.30. The summed E-state index contributed by atoms with van der Waals surface area (Å²) in [5.41, 5.74) is 0.102. The van der Waals surface area contributed by atoms with E-state index < -0.39 is 11.4 Å². The molecule has 0 radical (unpaired) electrons. The fraction of sp³-hybridized carbons (Fsp3) is 0.500. The molecule has 0 aliphatic carbocycles. The number of piperidine rings is 1. The lowest BCUT2D eigenvalue weighted by molar-refractivity contribution is -0.151. The summed E-state index contributed by atoms with van der Waals surface area (Å²) in [6, 6.07) is 9.34. The second-order valence-corrected chi connectivity index (χ2v) is 5.91. The first-order chi connectivity index (χ1) is 9.99. The van der Waals surface area contributed by atoms with E-state index in [1.807, 2.05) is 30.3 Å². The lowest BCUT2D eigenvalue weighted by Crippen LogP contribution is -2.46. The fourth-order valence-electron chi connectivity index (χ4n) is 2.71. The summed E-state index contributed by atoms with van der Waals surface area (Å²) < 4.78 is 0. The van der Waals surface area contributed by atoms with Crippen LogP contribution in [0, 0.1) is 5.41 Å². The Hall–Kier alpha value is -1.88. The summed E-state index contributed by atoms with van der Waals surface area (Å²) >= 11 is 0. The number of carbonyl (C=O) groups is 2. The van der Waals surface area contributed by atoms with Gasteiger partial charge in [0.15, 0.2) is 0 Å². The van der Waals surface area contributed by atoms with Crippen LogP contribution in [0.4, 0.5) is 5.69 Å². The van der Waals surface area contributed by atoms with E-state index in [0.717, 1.165) is 18.7 Å². The summed E-state index contributed by atoms with van der Waals surface area (Å²) in [7, 11) is 0. The Kier molecular flexibility index (Phi) is 4.96. The number of carbonyl (C=O) groups excluding carboxylic acids is 1. The summed E-state index contributed by atoms with van der Waals surface area (Å²) in [6.45, 7) is 3.76. The lowest BCUT2D eigenvalue weighted by Gasteiger charge is -2.37. The molecule has 5 nitrogen and oxygen atoms in total. The highest BCUT2D eigenvalue weighted by Gasteiger charge is 2.37. The summed E-state index contributed by atoms with van der Waals surface area (Å²) in [6.07, 6.45) is 1.95. The molecule has 0 saturated carbocycles. The second kappa shape index (κ2) is 6.72. The molecule has 1 heterocycles. The standard InChI is InChI=1S/C16H22N2O3/c1-16(15(20)21)9-5-10-18(12-16)11-8-14(19)17-13-6-3-2-4-7-13/h2-4,6-7H,5,8-12H2,1H3,(H,17,19)(H,20,21). The minimum absolute atomic E-state index is 0.0381. The van der Waals surface area contributed by atoms with Crippen LogP contribution in [-0.2, 0) is 9.59 Å². The van der Waals surface area contributed by atoms with E-state index in [-0.39, 0.29) is 5.91 Å². The molecule has 0 bridgehead atoms. The number of carboxylic acids is 1. The number of para-hydroxylation sites is 1. The number of likely N-dealkylation sites (tertiary alicyclic amines) is 1. The number of hydrogen-bond donors (Lipinski definition) is 2. The van der Waals surface area contributed by atoms with Crippen LogP contribution >= 0.6 is 0 Å². The van der Waals surface area contributed by atoms with Crippen LogP contribution in [0.3, 0.4) is 0 Å². The van der Waals surface area contributed by atoms with Gasteiger partial charge in [0.25, 0.3) is 0 Å². The Labute approximate surface area is 125 Å². The highest BCUT2D eigenvalue weighted by Crippen LogP contribution is 2.29.